The summed E-state index contributed by atoms with van der Waals surface area (Å²) >= 11 is 11.8. The molecule has 5 nitrogen and oxygen atoms in total. The van der Waals surface area contributed by atoms with Gasteiger partial charge >= 0.3 is 0 Å². The zero-order chi connectivity index (χ0) is 22.4. The number of halogens is 2. The number of benzene rings is 3. The first-order valence-corrected chi connectivity index (χ1v) is 11.8. The van der Waals surface area contributed by atoms with E-state index in [4.69, 9.17) is 23.2 Å². The summed E-state index contributed by atoms with van der Waals surface area (Å²) in [6.45, 7) is 1.99. The average Bonchev–Trinajstić information content (AvgIpc) is 2.74. The molecule has 0 bridgehead atoms. The number of rotatable bonds is 8. The number of carbonyl (C=O) groups is 1. The van der Waals surface area contributed by atoms with Crippen LogP contribution < -0.4 is 5.32 Å². The summed E-state index contributed by atoms with van der Waals surface area (Å²) in [5.41, 5.74) is 2.74. The summed E-state index contributed by atoms with van der Waals surface area (Å²) in [6, 6.07) is 20.5. The molecule has 3 aromatic carbocycles. The van der Waals surface area contributed by atoms with Gasteiger partial charge in [0.2, 0.25) is 15.9 Å². The molecule has 0 aliphatic carbocycles. The van der Waals surface area contributed by atoms with Gasteiger partial charge in [0.25, 0.3) is 0 Å². The fraction of sp³-hybridized carbons (Fsp3) is 0.174. The summed E-state index contributed by atoms with van der Waals surface area (Å²) in [4.78, 5) is 12.7. The number of aryl methyl sites for hydroxylation is 1. The molecule has 1 N–H and O–H groups in total. The van der Waals surface area contributed by atoms with E-state index in [1.807, 2.05) is 31.2 Å². The Morgan fingerprint density at radius 1 is 0.903 bits per heavy atom. The highest BCUT2D eigenvalue weighted by atomic mass is 35.5. The third-order valence-electron chi connectivity index (χ3n) is 4.62. The topological polar surface area (TPSA) is 66.5 Å². The molecule has 1 amide bonds. The monoisotopic (exact) mass is 476 g/mol. The molecule has 3 aromatic rings. The molecule has 0 heterocycles. The normalized spacial score (nSPS) is 11.5. The Morgan fingerprint density at radius 3 is 2.13 bits per heavy atom. The summed E-state index contributed by atoms with van der Waals surface area (Å²) < 4.78 is 27.6. The number of hydrogen-bond donors (Lipinski definition) is 1. The second-order valence-electron chi connectivity index (χ2n) is 7.12. The van der Waals surface area contributed by atoms with E-state index in [0.717, 1.165) is 15.4 Å². The van der Waals surface area contributed by atoms with Crippen LogP contribution in [0.3, 0.4) is 0 Å². The zero-order valence-electron chi connectivity index (χ0n) is 16.9. The van der Waals surface area contributed by atoms with E-state index >= 15 is 0 Å². The first-order valence-electron chi connectivity index (χ1n) is 9.56. The molecule has 162 valence electrons. The van der Waals surface area contributed by atoms with Crippen LogP contribution >= 0.6 is 23.2 Å². The highest BCUT2D eigenvalue weighted by molar-refractivity contribution is 7.89. The van der Waals surface area contributed by atoms with Gasteiger partial charge < -0.3 is 5.32 Å². The molecule has 0 aromatic heterocycles. The molecule has 0 saturated carbocycles. The van der Waals surface area contributed by atoms with Crippen LogP contribution in [0.25, 0.3) is 0 Å². The summed E-state index contributed by atoms with van der Waals surface area (Å²) in [5, 5.41) is 3.77. The lowest BCUT2D eigenvalue weighted by atomic mass is 10.1. The Labute approximate surface area is 192 Å². The van der Waals surface area contributed by atoms with E-state index < -0.39 is 15.9 Å². The van der Waals surface area contributed by atoms with E-state index in [9.17, 15) is 13.2 Å². The molecule has 0 aliphatic rings. The molecule has 0 spiro atoms. The van der Waals surface area contributed by atoms with Crippen molar-refractivity contribution in [3.63, 3.8) is 0 Å². The average molecular weight is 477 g/mol. The van der Waals surface area contributed by atoms with Crippen LogP contribution in [-0.4, -0.2) is 25.2 Å². The first-order chi connectivity index (χ1) is 14.7. The quantitative estimate of drug-likeness (QED) is 0.507. The number of hydrogen-bond acceptors (Lipinski definition) is 3. The Morgan fingerprint density at radius 2 is 1.52 bits per heavy atom. The third kappa shape index (κ3) is 6.55. The van der Waals surface area contributed by atoms with Crippen molar-refractivity contribution < 1.29 is 13.2 Å². The number of nitrogens with one attached hydrogen (secondary N) is 1. The Balaban J connectivity index is 1.79. The lowest BCUT2D eigenvalue weighted by Crippen LogP contribution is -2.40. The molecule has 3 rings (SSSR count). The minimum Gasteiger partial charge on any atom is -0.351 e. The smallest absolute Gasteiger partial charge is 0.243 e. The Kier molecular flexibility index (Phi) is 7.73. The van der Waals surface area contributed by atoms with E-state index in [1.54, 1.807) is 24.3 Å². The van der Waals surface area contributed by atoms with Crippen LogP contribution in [0.1, 0.15) is 16.7 Å². The number of carbonyl (C=O) groups excluding carboxylic acids is 1. The van der Waals surface area contributed by atoms with Gasteiger partial charge in [0.15, 0.2) is 0 Å². The maximum absolute atomic E-state index is 13.2. The highest BCUT2D eigenvalue weighted by Crippen LogP contribution is 2.21. The van der Waals surface area contributed by atoms with E-state index in [-0.39, 0.29) is 18.0 Å². The van der Waals surface area contributed by atoms with Crippen LogP contribution in [0.5, 0.6) is 0 Å². The predicted octanol–water partition coefficient (Wildman–Crippen LogP) is 4.81. The third-order valence-corrected chi connectivity index (χ3v) is 6.93. The summed E-state index contributed by atoms with van der Waals surface area (Å²) in [5.74, 6) is -0.395. The molecule has 31 heavy (non-hydrogen) atoms. The molecule has 8 heteroatoms. The lowest BCUT2D eigenvalue weighted by molar-refractivity contribution is -0.121. The van der Waals surface area contributed by atoms with Gasteiger partial charge in [-0.05, 0) is 54.4 Å². The number of nitrogens with zero attached hydrogens (tertiary/aromatic N) is 1. The fourth-order valence-corrected chi connectivity index (χ4v) is 4.65. The van der Waals surface area contributed by atoms with E-state index in [2.05, 4.69) is 5.32 Å². The molecular weight excluding hydrogens is 455 g/mol. The number of amides is 1. The largest absolute Gasteiger partial charge is 0.351 e. The van der Waals surface area contributed by atoms with Gasteiger partial charge in [-0.1, -0.05) is 65.2 Å². The number of sulfonamides is 1. The van der Waals surface area contributed by atoms with Crippen molar-refractivity contribution in [3.05, 3.63) is 99.5 Å². The van der Waals surface area contributed by atoms with Crippen molar-refractivity contribution in [2.45, 2.75) is 24.9 Å². The van der Waals surface area contributed by atoms with Crippen LogP contribution in [0.4, 0.5) is 0 Å². The molecular formula is C23H22Cl2N2O3S. The predicted molar refractivity (Wildman–Crippen MR) is 124 cm³/mol. The van der Waals surface area contributed by atoms with Crippen molar-refractivity contribution in [3.8, 4) is 0 Å². The second kappa shape index (κ2) is 10.3. The maximum atomic E-state index is 13.2. The standard InChI is InChI=1S/C23H22Cl2N2O3S/c1-17-3-2-4-19(13-17)14-26-23(28)16-27(15-18-5-7-20(24)8-6-18)31(29,30)22-11-9-21(25)10-12-22/h2-13H,14-16H2,1H3,(H,26,28). The van der Waals surface area contributed by atoms with Gasteiger partial charge in [-0.25, -0.2) is 8.42 Å². The van der Waals surface area contributed by atoms with Crippen LogP contribution in [0.2, 0.25) is 10.0 Å². The Hall–Kier alpha value is -2.38. The van der Waals surface area contributed by atoms with Crippen LogP contribution in [-0.2, 0) is 27.9 Å². The summed E-state index contributed by atoms with van der Waals surface area (Å²) in [7, 11) is -3.93. The van der Waals surface area contributed by atoms with Crippen LogP contribution in [0, 0.1) is 6.92 Å². The van der Waals surface area contributed by atoms with Crippen molar-refractivity contribution >= 4 is 39.1 Å². The molecule has 0 unspecified atom stereocenters. The molecule has 0 aliphatic heterocycles. The minimum absolute atomic E-state index is 0.0278. The van der Waals surface area contributed by atoms with Gasteiger partial charge in [0, 0.05) is 23.1 Å². The van der Waals surface area contributed by atoms with Gasteiger partial charge in [-0.2, -0.15) is 4.31 Å². The molecule has 0 saturated heterocycles. The minimum atomic E-state index is -3.93. The Bertz CT molecular complexity index is 1150. The zero-order valence-corrected chi connectivity index (χ0v) is 19.2. The molecule has 0 fully saturated rings. The van der Waals surface area contributed by atoms with E-state index in [1.165, 1.54) is 24.3 Å². The highest BCUT2D eigenvalue weighted by Gasteiger charge is 2.27. The molecule has 0 radical (unpaired) electrons. The van der Waals surface area contributed by atoms with Gasteiger partial charge in [-0.15, -0.1) is 0 Å². The fourth-order valence-electron chi connectivity index (χ4n) is 3.01. The van der Waals surface area contributed by atoms with Crippen LogP contribution in [0.15, 0.2) is 77.7 Å². The SMILES string of the molecule is Cc1cccc(CNC(=O)CN(Cc2ccc(Cl)cc2)S(=O)(=O)c2ccc(Cl)cc2)c1. The van der Waals surface area contributed by atoms with Gasteiger partial charge in [0.1, 0.15) is 0 Å². The van der Waals surface area contributed by atoms with E-state index in [0.29, 0.717) is 22.2 Å². The summed E-state index contributed by atoms with van der Waals surface area (Å²) in [6.07, 6.45) is 0. The molecule has 0 atom stereocenters. The van der Waals surface area contributed by atoms with Gasteiger partial charge in [-0.3, -0.25) is 4.79 Å². The lowest BCUT2D eigenvalue weighted by Gasteiger charge is -2.22. The van der Waals surface area contributed by atoms with Crippen molar-refractivity contribution in [2.24, 2.45) is 0 Å². The van der Waals surface area contributed by atoms with Gasteiger partial charge in [0.05, 0.1) is 11.4 Å². The van der Waals surface area contributed by atoms with Crippen molar-refractivity contribution in [1.82, 2.24) is 9.62 Å². The first kappa shape index (κ1) is 23.3. The van der Waals surface area contributed by atoms with Crippen molar-refractivity contribution in [2.75, 3.05) is 6.54 Å². The second-order valence-corrected chi connectivity index (χ2v) is 9.93. The maximum Gasteiger partial charge on any atom is 0.243 e. The van der Waals surface area contributed by atoms with Crippen molar-refractivity contribution in [1.29, 1.82) is 0 Å².